The van der Waals surface area contributed by atoms with Crippen LogP contribution in [0.3, 0.4) is 0 Å². The van der Waals surface area contributed by atoms with Crippen LogP contribution in [0.1, 0.15) is 27.6 Å². The lowest BCUT2D eigenvalue weighted by molar-refractivity contribution is 0.0253. The number of hydrogen-bond donors (Lipinski definition) is 0. The zero-order chi connectivity index (χ0) is 14.1. The van der Waals surface area contributed by atoms with E-state index in [1.165, 1.54) is 0 Å². The molecule has 1 aliphatic heterocycles. The van der Waals surface area contributed by atoms with Crippen molar-refractivity contribution in [1.29, 1.82) is 0 Å². The second kappa shape index (κ2) is 5.17. The molecule has 0 aliphatic carbocycles. The van der Waals surface area contributed by atoms with Crippen molar-refractivity contribution in [2.24, 2.45) is 0 Å². The van der Waals surface area contributed by atoms with Gasteiger partial charge in [-0.05, 0) is 41.5 Å². The van der Waals surface area contributed by atoms with E-state index >= 15 is 0 Å². The summed E-state index contributed by atoms with van der Waals surface area (Å²) in [4.78, 5) is 12.0. The standard InChI is InChI=1S/C16H13ClO3/c1-19-13-5-2-10(3-6-13)15-9-11-8-12(17)4-7-14(11)16(18)20-15/h2-8,15H,9H2,1H3. The van der Waals surface area contributed by atoms with Gasteiger partial charge in [0.25, 0.3) is 0 Å². The molecule has 1 aliphatic rings. The van der Waals surface area contributed by atoms with Gasteiger partial charge in [-0.25, -0.2) is 4.79 Å². The largest absolute Gasteiger partial charge is 0.497 e. The van der Waals surface area contributed by atoms with Crippen molar-refractivity contribution in [2.75, 3.05) is 7.11 Å². The van der Waals surface area contributed by atoms with E-state index in [0.717, 1.165) is 16.9 Å². The number of carbonyl (C=O) groups excluding carboxylic acids is 1. The molecule has 0 saturated carbocycles. The summed E-state index contributed by atoms with van der Waals surface area (Å²) in [5.74, 6) is 0.475. The number of cyclic esters (lactones) is 1. The molecule has 0 N–H and O–H groups in total. The van der Waals surface area contributed by atoms with E-state index in [4.69, 9.17) is 21.1 Å². The summed E-state index contributed by atoms with van der Waals surface area (Å²) in [6.07, 6.45) is 0.355. The van der Waals surface area contributed by atoms with Gasteiger partial charge in [0.2, 0.25) is 0 Å². The molecule has 1 heterocycles. The van der Waals surface area contributed by atoms with E-state index in [9.17, 15) is 4.79 Å². The summed E-state index contributed by atoms with van der Waals surface area (Å²) in [6, 6.07) is 12.8. The van der Waals surface area contributed by atoms with Crippen molar-refractivity contribution >= 4 is 17.6 Å². The summed E-state index contributed by atoms with van der Waals surface area (Å²) in [6.45, 7) is 0. The maximum absolute atomic E-state index is 12.0. The van der Waals surface area contributed by atoms with Crippen LogP contribution < -0.4 is 4.74 Å². The molecular formula is C16H13ClO3. The molecule has 3 rings (SSSR count). The summed E-state index contributed by atoms with van der Waals surface area (Å²) >= 11 is 5.99. The second-order valence-corrected chi connectivity index (χ2v) is 5.11. The molecule has 0 radical (unpaired) electrons. The van der Waals surface area contributed by atoms with Crippen LogP contribution in [0.4, 0.5) is 0 Å². The Kier molecular flexibility index (Phi) is 3.36. The number of esters is 1. The Morgan fingerprint density at radius 2 is 1.95 bits per heavy atom. The fourth-order valence-corrected chi connectivity index (χ4v) is 2.56. The smallest absolute Gasteiger partial charge is 0.339 e. The molecule has 3 nitrogen and oxygen atoms in total. The van der Waals surface area contributed by atoms with Gasteiger partial charge in [0.05, 0.1) is 12.7 Å². The lowest BCUT2D eigenvalue weighted by Crippen LogP contribution is -2.21. The molecule has 0 amide bonds. The first kappa shape index (κ1) is 13.0. The minimum atomic E-state index is -0.302. The minimum absolute atomic E-state index is 0.278. The average Bonchev–Trinajstić information content (AvgIpc) is 2.46. The summed E-state index contributed by atoms with van der Waals surface area (Å²) < 4.78 is 10.6. The van der Waals surface area contributed by atoms with E-state index in [0.29, 0.717) is 17.0 Å². The van der Waals surface area contributed by atoms with Gasteiger partial charge >= 0.3 is 5.97 Å². The Morgan fingerprint density at radius 1 is 1.20 bits per heavy atom. The summed E-state index contributed by atoms with van der Waals surface area (Å²) in [7, 11) is 1.62. The Morgan fingerprint density at radius 3 is 2.65 bits per heavy atom. The predicted octanol–water partition coefficient (Wildman–Crippen LogP) is 3.80. The third kappa shape index (κ3) is 2.37. The highest BCUT2D eigenvalue weighted by atomic mass is 35.5. The van der Waals surface area contributed by atoms with E-state index in [1.54, 1.807) is 19.2 Å². The third-order valence-electron chi connectivity index (χ3n) is 3.43. The van der Waals surface area contributed by atoms with Gasteiger partial charge in [0.1, 0.15) is 11.9 Å². The minimum Gasteiger partial charge on any atom is -0.497 e. The monoisotopic (exact) mass is 288 g/mol. The van der Waals surface area contributed by atoms with Gasteiger partial charge < -0.3 is 9.47 Å². The number of rotatable bonds is 2. The van der Waals surface area contributed by atoms with Gasteiger partial charge in [-0.15, -0.1) is 0 Å². The molecule has 20 heavy (non-hydrogen) atoms. The van der Waals surface area contributed by atoms with Crippen LogP contribution in [0.15, 0.2) is 42.5 Å². The molecule has 2 aromatic rings. The number of ether oxygens (including phenoxy) is 2. The van der Waals surface area contributed by atoms with Crippen molar-refractivity contribution in [3.05, 3.63) is 64.2 Å². The highest BCUT2D eigenvalue weighted by Gasteiger charge is 2.27. The van der Waals surface area contributed by atoms with E-state index in [-0.39, 0.29) is 12.1 Å². The Hall–Kier alpha value is -2.00. The Balaban J connectivity index is 1.91. The molecule has 0 saturated heterocycles. The quantitative estimate of drug-likeness (QED) is 0.789. The lowest BCUT2D eigenvalue weighted by Gasteiger charge is -2.25. The maximum atomic E-state index is 12.0. The Labute approximate surface area is 122 Å². The SMILES string of the molecule is COc1ccc(C2Cc3cc(Cl)ccc3C(=O)O2)cc1. The molecule has 0 aromatic heterocycles. The third-order valence-corrected chi connectivity index (χ3v) is 3.66. The van der Waals surface area contributed by atoms with Crippen LogP contribution in [0.25, 0.3) is 0 Å². The normalized spacial score (nSPS) is 17.3. The first-order valence-corrected chi connectivity index (χ1v) is 6.68. The van der Waals surface area contributed by atoms with Crippen LogP contribution in [0, 0.1) is 0 Å². The zero-order valence-corrected chi connectivity index (χ0v) is 11.7. The van der Waals surface area contributed by atoms with E-state index in [2.05, 4.69) is 0 Å². The number of fused-ring (bicyclic) bond motifs is 1. The fraction of sp³-hybridized carbons (Fsp3) is 0.188. The van der Waals surface area contributed by atoms with Crippen LogP contribution in [0.5, 0.6) is 5.75 Å². The first-order valence-electron chi connectivity index (χ1n) is 6.31. The highest BCUT2D eigenvalue weighted by molar-refractivity contribution is 6.30. The molecule has 102 valence electrons. The number of halogens is 1. The molecule has 1 atom stereocenters. The number of hydrogen-bond acceptors (Lipinski definition) is 3. The number of carbonyl (C=O) groups is 1. The van der Waals surface area contributed by atoms with E-state index in [1.807, 2.05) is 30.3 Å². The molecular weight excluding hydrogens is 276 g/mol. The predicted molar refractivity (Wildman–Crippen MR) is 76.3 cm³/mol. The van der Waals surface area contributed by atoms with Crippen LogP contribution in [-0.4, -0.2) is 13.1 Å². The zero-order valence-electron chi connectivity index (χ0n) is 10.9. The molecule has 0 spiro atoms. The highest BCUT2D eigenvalue weighted by Crippen LogP contribution is 2.32. The maximum Gasteiger partial charge on any atom is 0.339 e. The topological polar surface area (TPSA) is 35.5 Å². The van der Waals surface area contributed by atoms with Gasteiger partial charge in [0.15, 0.2) is 0 Å². The Bertz CT molecular complexity index is 649. The van der Waals surface area contributed by atoms with Crippen molar-refractivity contribution in [3.8, 4) is 5.75 Å². The van der Waals surface area contributed by atoms with Crippen molar-refractivity contribution in [1.82, 2.24) is 0 Å². The van der Waals surface area contributed by atoms with Crippen LogP contribution >= 0.6 is 11.6 Å². The molecule has 1 unspecified atom stereocenters. The van der Waals surface area contributed by atoms with Crippen LogP contribution in [-0.2, 0) is 11.2 Å². The van der Waals surface area contributed by atoms with Crippen LogP contribution in [0.2, 0.25) is 5.02 Å². The van der Waals surface area contributed by atoms with Gasteiger partial charge in [-0.1, -0.05) is 23.7 Å². The first-order chi connectivity index (χ1) is 9.67. The van der Waals surface area contributed by atoms with E-state index < -0.39 is 0 Å². The average molecular weight is 289 g/mol. The summed E-state index contributed by atoms with van der Waals surface area (Å²) in [5, 5.41) is 0.631. The molecule has 0 bridgehead atoms. The van der Waals surface area contributed by atoms with Gasteiger partial charge in [-0.3, -0.25) is 0 Å². The van der Waals surface area contributed by atoms with Crippen molar-refractivity contribution in [3.63, 3.8) is 0 Å². The van der Waals surface area contributed by atoms with Crippen molar-refractivity contribution < 1.29 is 14.3 Å². The van der Waals surface area contributed by atoms with Gasteiger partial charge in [0, 0.05) is 11.4 Å². The number of benzene rings is 2. The second-order valence-electron chi connectivity index (χ2n) is 4.67. The molecule has 0 fully saturated rings. The number of methoxy groups -OCH3 is 1. The fourth-order valence-electron chi connectivity index (χ4n) is 2.37. The lowest BCUT2D eigenvalue weighted by atomic mass is 9.95. The molecule has 2 aromatic carbocycles. The van der Waals surface area contributed by atoms with Gasteiger partial charge in [-0.2, -0.15) is 0 Å². The van der Waals surface area contributed by atoms with Crippen molar-refractivity contribution in [2.45, 2.75) is 12.5 Å². The summed E-state index contributed by atoms with van der Waals surface area (Å²) in [5.41, 5.74) is 2.47. The molecule has 4 heteroatoms.